The van der Waals surface area contributed by atoms with E-state index in [2.05, 4.69) is 14.7 Å². The second-order valence-electron chi connectivity index (χ2n) is 4.21. The van der Waals surface area contributed by atoms with E-state index in [4.69, 9.17) is 5.11 Å². The van der Waals surface area contributed by atoms with Crippen LogP contribution in [0.25, 0.3) is 0 Å². The standard InChI is InChI=1S/C12H14N4O4S/c1-2-16-7-11(14-8-16)21(19,20)15-6-10-5-9(12(17)18)3-4-13-10/h3-5,7-8,15H,2,6H2,1H3,(H,17,18). The van der Waals surface area contributed by atoms with Gasteiger partial charge in [0.25, 0.3) is 10.0 Å². The highest BCUT2D eigenvalue weighted by Gasteiger charge is 2.17. The van der Waals surface area contributed by atoms with Gasteiger partial charge in [0.05, 0.1) is 24.1 Å². The number of nitrogens with one attached hydrogen (secondary N) is 1. The quantitative estimate of drug-likeness (QED) is 0.802. The number of carbonyl (C=O) groups is 1. The molecule has 0 spiro atoms. The van der Waals surface area contributed by atoms with Crippen molar-refractivity contribution in [2.45, 2.75) is 25.0 Å². The first-order valence-corrected chi connectivity index (χ1v) is 7.60. The molecule has 9 heteroatoms. The van der Waals surface area contributed by atoms with Crippen molar-refractivity contribution in [1.82, 2.24) is 19.3 Å². The maximum absolute atomic E-state index is 12.0. The van der Waals surface area contributed by atoms with E-state index in [1.54, 1.807) is 4.57 Å². The van der Waals surface area contributed by atoms with Gasteiger partial charge in [-0.3, -0.25) is 4.98 Å². The van der Waals surface area contributed by atoms with Gasteiger partial charge in [-0.25, -0.2) is 22.9 Å². The third kappa shape index (κ3) is 3.64. The molecule has 0 unspecified atom stereocenters. The maximum Gasteiger partial charge on any atom is 0.335 e. The first kappa shape index (κ1) is 15.1. The molecule has 21 heavy (non-hydrogen) atoms. The normalized spacial score (nSPS) is 11.5. The Kier molecular flexibility index (Phi) is 4.34. The minimum absolute atomic E-state index is 0.0504. The van der Waals surface area contributed by atoms with Crippen LogP contribution in [0.4, 0.5) is 0 Å². The number of pyridine rings is 1. The van der Waals surface area contributed by atoms with Crippen LogP contribution in [0.3, 0.4) is 0 Å². The van der Waals surface area contributed by atoms with E-state index in [1.807, 2.05) is 6.92 Å². The molecular weight excluding hydrogens is 296 g/mol. The first-order valence-electron chi connectivity index (χ1n) is 6.12. The second kappa shape index (κ2) is 6.02. The summed E-state index contributed by atoms with van der Waals surface area (Å²) in [5.74, 6) is -1.09. The largest absolute Gasteiger partial charge is 0.478 e. The zero-order valence-corrected chi connectivity index (χ0v) is 12.0. The summed E-state index contributed by atoms with van der Waals surface area (Å²) in [5, 5.41) is 8.78. The van der Waals surface area contributed by atoms with Gasteiger partial charge < -0.3 is 9.67 Å². The smallest absolute Gasteiger partial charge is 0.335 e. The molecule has 2 aromatic heterocycles. The summed E-state index contributed by atoms with van der Waals surface area (Å²) in [6, 6.07) is 2.65. The summed E-state index contributed by atoms with van der Waals surface area (Å²) in [4.78, 5) is 18.6. The summed E-state index contributed by atoms with van der Waals surface area (Å²) < 4.78 is 28.0. The Morgan fingerprint density at radius 3 is 2.81 bits per heavy atom. The van der Waals surface area contributed by atoms with Crippen LogP contribution in [0.1, 0.15) is 23.0 Å². The number of nitrogens with zero attached hydrogens (tertiary/aromatic N) is 3. The third-order valence-electron chi connectivity index (χ3n) is 2.76. The van der Waals surface area contributed by atoms with E-state index in [0.29, 0.717) is 12.2 Å². The van der Waals surface area contributed by atoms with Crippen LogP contribution in [0.15, 0.2) is 35.9 Å². The number of rotatable bonds is 6. The molecule has 0 atom stereocenters. The van der Waals surface area contributed by atoms with Crippen LogP contribution in [-0.2, 0) is 23.1 Å². The fourth-order valence-corrected chi connectivity index (χ4v) is 2.55. The molecule has 0 aliphatic heterocycles. The van der Waals surface area contributed by atoms with Gasteiger partial charge in [-0.1, -0.05) is 0 Å². The number of hydrogen-bond donors (Lipinski definition) is 2. The SMILES string of the molecule is CCn1cnc(S(=O)(=O)NCc2cc(C(=O)O)ccn2)c1. The van der Waals surface area contributed by atoms with Crippen LogP contribution in [0.2, 0.25) is 0 Å². The molecule has 0 aliphatic carbocycles. The molecule has 2 heterocycles. The number of imidazole rings is 1. The Hall–Kier alpha value is -2.26. The van der Waals surface area contributed by atoms with E-state index >= 15 is 0 Å². The van der Waals surface area contributed by atoms with Crippen molar-refractivity contribution in [2.75, 3.05) is 0 Å². The van der Waals surface area contributed by atoms with E-state index in [1.165, 1.54) is 30.9 Å². The number of sulfonamides is 1. The Bertz CT molecular complexity index is 754. The molecule has 0 saturated carbocycles. The summed E-state index contributed by atoms with van der Waals surface area (Å²) in [6.07, 6.45) is 4.17. The average molecular weight is 310 g/mol. The summed E-state index contributed by atoms with van der Waals surface area (Å²) in [6.45, 7) is 2.37. The van der Waals surface area contributed by atoms with Crippen LogP contribution in [0, 0.1) is 0 Å². The minimum Gasteiger partial charge on any atom is -0.478 e. The first-order chi connectivity index (χ1) is 9.92. The molecule has 2 rings (SSSR count). The molecule has 0 saturated heterocycles. The van der Waals surface area contributed by atoms with Crippen molar-refractivity contribution < 1.29 is 18.3 Å². The van der Waals surface area contributed by atoms with Crippen LogP contribution >= 0.6 is 0 Å². The highest BCUT2D eigenvalue weighted by molar-refractivity contribution is 7.89. The van der Waals surface area contributed by atoms with Gasteiger partial charge in [-0.2, -0.15) is 0 Å². The van der Waals surface area contributed by atoms with Crippen LogP contribution < -0.4 is 4.72 Å². The molecule has 0 amide bonds. The third-order valence-corrected chi connectivity index (χ3v) is 4.04. The Labute approximate surface area is 121 Å². The monoisotopic (exact) mass is 310 g/mol. The number of carboxylic acids is 1. The zero-order valence-electron chi connectivity index (χ0n) is 11.2. The number of carboxylic acid groups (broad SMARTS) is 1. The molecule has 112 valence electrons. The van der Waals surface area contributed by atoms with Gasteiger partial charge in [-0.15, -0.1) is 0 Å². The van der Waals surface area contributed by atoms with Crippen molar-refractivity contribution in [1.29, 1.82) is 0 Å². The fraction of sp³-hybridized carbons (Fsp3) is 0.250. The number of hydrogen-bond acceptors (Lipinski definition) is 5. The predicted octanol–water partition coefficient (Wildman–Crippen LogP) is 0.475. The van der Waals surface area contributed by atoms with Gasteiger partial charge >= 0.3 is 5.97 Å². The van der Waals surface area contributed by atoms with Gasteiger partial charge in [0.2, 0.25) is 0 Å². The highest BCUT2D eigenvalue weighted by Crippen LogP contribution is 2.07. The van der Waals surface area contributed by atoms with Gasteiger partial charge in [0, 0.05) is 18.9 Å². The molecule has 8 nitrogen and oxygen atoms in total. The molecule has 0 aliphatic rings. The lowest BCUT2D eigenvalue weighted by Crippen LogP contribution is -2.24. The Morgan fingerprint density at radius 2 is 2.19 bits per heavy atom. The van der Waals surface area contributed by atoms with Crippen molar-refractivity contribution in [3.05, 3.63) is 42.1 Å². The Morgan fingerprint density at radius 1 is 1.43 bits per heavy atom. The summed E-state index contributed by atoms with van der Waals surface area (Å²) in [5.41, 5.74) is 0.364. The molecule has 0 fully saturated rings. The molecular formula is C12H14N4O4S. The van der Waals surface area contributed by atoms with Gasteiger partial charge in [0.1, 0.15) is 0 Å². The van der Waals surface area contributed by atoms with E-state index in [-0.39, 0.29) is 17.1 Å². The van der Waals surface area contributed by atoms with Crippen LogP contribution in [-0.4, -0.2) is 34.0 Å². The number of aryl methyl sites for hydroxylation is 1. The van der Waals surface area contributed by atoms with Gasteiger partial charge in [0.15, 0.2) is 5.03 Å². The van der Waals surface area contributed by atoms with Crippen molar-refractivity contribution in [3.63, 3.8) is 0 Å². The maximum atomic E-state index is 12.0. The lowest BCUT2D eigenvalue weighted by atomic mass is 10.2. The predicted molar refractivity (Wildman–Crippen MR) is 73.1 cm³/mol. The highest BCUT2D eigenvalue weighted by atomic mass is 32.2. The topological polar surface area (TPSA) is 114 Å². The molecule has 2 aromatic rings. The van der Waals surface area contributed by atoms with Crippen LogP contribution in [0.5, 0.6) is 0 Å². The lowest BCUT2D eigenvalue weighted by molar-refractivity contribution is 0.0696. The van der Waals surface area contributed by atoms with E-state index in [9.17, 15) is 13.2 Å². The number of aromatic nitrogens is 3. The second-order valence-corrected chi connectivity index (χ2v) is 5.92. The Balaban J connectivity index is 2.11. The zero-order chi connectivity index (χ0) is 15.5. The molecule has 0 radical (unpaired) electrons. The van der Waals surface area contributed by atoms with Crippen molar-refractivity contribution in [3.8, 4) is 0 Å². The van der Waals surface area contributed by atoms with Crippen molar-refractivity contribution >= 4 is 16.0 Å². The van der Waals surface area contributed by atoms with Crippen molar-refractivity contribution in [2.24, 2.45) is 0 Å². The molecule has 0 bridgehead atoms. The van der Waals surface area contributed by atoms with E-state index in [0.717, 1.165) is 0 Å². The summed E-state index contributed by atoms with van der Waals surface area (Å²) in [7, 11) is -3.75. The molecule has 2 N–H and O–H groups in total. The fourth-order valence-electron chi connectivity index (χ4n) is 1.60. The summed E-state index contributed by atoms with van der Waals surface area (Å²) >= 11 is 0. The number of aromatic carboxylic acids is 1. The lowest BCUT2D eigenvalue weighted by Gasteiger charge is -2.04. The van der Waals surface area contributed by atoms with Gasteiger partial charge in [-0.05, 0) is 19.1 Å². The molecule has 0 aromatic carbocycles. The average Bonchev–Trinajstić information content (AvgIpc) is 2.95. The minimum atomic E-state index is -3.75. The van der Waals surface area contributed by atoms with E-state index < -0.39 is 16.0 Å².